The zero-order valence-corrected chi connectivity index (χ0v) is 12.7. The number of aryl methyl sites for hydroxylation is 1. The van der Waals surface area contributed by atoms with E-state index in [9.17, 15) is 8.42 Å². The largest absolute Gasteiger partial charge is 0.465 e. The third-order valence-corrected chi connectivity index (χ3v) is 5.39. The highest BCUT2D eigenvalue weighted by atomic mass is 32.2. The van der Waals surface area contributed by atoms with E-state index in [1.807, 2.05) is 31.2 Å². The first-order chi connectivity index (χ1) is 10.0. The van der Waals surface area contributed by atoms with Crippen molar-refractivity contribution < 1.29 is 12.8 Å². The van der Waals surface area contributed by atoms with E-state index in [0.29, 0.717) is 13.1 Å². The molecule has 21 heavy (non-hydrogen) atoms. The number of hydrogen-bond donors (Lipinski definition) is 0. The van der Waals surface area contributed by atoms with E-state index < -0.39 is 9.84 Å². The first-order valence-corrected chi connectivity index (χ1v) is 8.75. The summed E-state index contributed by atoms with van der Waals surface area (Å²) < 4.78 is 29.6. The molecule has 1 saturated heterocycles. The van der Waals surface area contributed by atoms with Gasteiger partial charge in [-0.05, 0) is 36.8 Å². The molecule has 112 valence electrons. The van der Waals surface area contributed by atoms with Crippen LogP contribution in [0.3, 0.4) is 0 Å². The Morgan fingerprint density at radius 2 is 2.05 bits per heavy atom. The Morgan fingerprint density at radius 1 is 1.29 bits per heavy atom. The first-order valence-electron chi connectivity index (χ1n) is 6.93. The van der Waals surface area contributed by atoms with Crippen molar-refractivity contribution in [3.63, 3.8) is 0 Å². The molecule has 0 bridgehead atoms. The summed E-state index contributed by atoms with van der Waals surface area (Å²) in [5.74, 6) is 1.85. The second-order valence-corrected chi connectivity index (χ2v) is 7.63. The molecule has 1 aliphatic rings. The Bertz CT molecular complexity index is 710. The zero-order valence-electron chi connectivity index (χ0n) is 11.9. The normalized spacial score (nSPS) is 22.2. The predicted molar refractivity (Wildman–Crippen MR) is 79.5 cm³/mol. The Morgan fingerprint density at radius 3 is 2.71 bits per heavy atom. The number of rotatable bonds is 3. The van der Waals surface area contributed by atoms with E-state index in [2.05, 4.69) is 9.88 Å². The minimum atomic E-state index is -3.01. The van der Waals surface area contributed by atoms with Crippen molar-refractivity contribution in [2.75, 3.05) is 18.1 Å². The van der Waals surface area contributed by atoms with Crippen LogP contribution < -0.4 is 0 Å². The van der Waals surface area contributed by atoms with Gasteiger partial charge in [0.2, 0.25) is 0 Å². The highest BCUT2D eigenvalue weighted by Crippen LogP contribution is 2.29. The van der Waals surface area contributed by atoms with E-state index in [4.69, 9.17) is 4.42 Å². The smallest absolute Gasteiger partial charge is 0.153 e. The molecule has 1 atom stereocenters. The summed E-state index contributed by atoms with van der Waals surface area (Å²) in [6, 6.07) is 7.44. The molecule has 2 aromatic heterocycles. The minimum absolute atomic E-state index is 0.116. The van der Waals surface area contributed by atoms with Gasteiger partial charge in [0.05, 0.1) is 17.5 Å². The van der Waals surface area contributed by atoms with Gasteiger partial charge in [0, 0.05) is 25.5 Å². The van der Waals surface area contributed by atoms with Crippen LogP contribution in [-0.4, -0.2) is 36.4 Å². The van der Waals surface area contributed by atoms with E-state index in [-0.39, 0.29) is 17.5 Å². The van der Waals surface area contributed by atoms with Crippen molar-refractivity contribution in [1.29, 1.82) is 0 Å². The monoisotopic (exact) mass is 306 g/mol. The van der Waals surface area contributed by atoms with Crippen LogP contribution in [0.4, 0.5) is 0 Å². The molecule has 2 aromatic rings. The van der Waals surface area contributed by atoms with Gasteiger partial charge in [0.15, 0.2) is 9.84 Å². The summed E-state index contributed by atoms with van der Waals surface area (Å²) in [6.45, 7) is 3.09. The van der Waals surface area contributed by atoms with Crippen molar-refractivity contribution in [2.45, 2.75) is 19.5 Å². The van der Waals surface area contributed by atoms with Crippen LogP contribution in [-0.2, 0) is 16.4 Å². The summed E-state index contributed by atoms with van der Waals surface area (Å²) in [5.41, 5.74) is 1.12. The van der Waals surface area contributed by atoms with Gasteiger partial charge in [-0.1, -0.05) is 0 Å². The lowest BCUT2D eigenvalue weighted by atomic mass is 10.1. The van der Waals surface area contributed by atoms with Gasteiger partial charge < -0.3 is 4.42 Å². The Balaban J connectivity index is 1.86. The van der Waals surface area contributed by atoms with Gasteiger partial charge >= 0.3 is 0 Å². The van der Waals surface area contributed by atoms with Gasteiger partial charge in [0.1, 0.15) is 11.5 Å². The molecule has 1 aliphatic heterocycles. The third-order valence-electron chi connectivity index (χ3n) is 3.77. The lowest BCUT2D eigenvalue weighted by Crippen LogP contribution is -2.42. The summed E-state index contributed by atoms with van der Waals surface area (Å²) in [5, 5.41) is 0. The van der Waals surface area contributed by atoms with Crippen molar-refractivity contribution in [2.24, 2.45) is 0 Å². The molecule has 0 saturated carbocycles. The van der Waals surface area contributed by atoms with Crippen molar-refractivity contribution in [1.82, 2.24) is 9.88 Å². The summed E-state index contributed by atoms with van der Waals surface area (Å²) in [7, 11) is -3.01. The van der Waals surface area contributed by atoms with Crippen molar-refractivity contribution in [3.8, 4) is 0 Å². The minimum Gasteiger partial charge on any atom is -0.465 e. The van der Waals surface area contributed by atoms with Crippen molar-refractivity contribution >= 4 is 9.84 Å². The topological polar surface area (TPSA) is 63.4 Å². The van der Waals surface area contributed by atoms with Crippen LogP contribution in [0, 0.1) is 6.92 Å². The fourth-order valence-corrected chi connectivity index (χ4v) is 4.18. The molecule has 0 amide bonds. The molecule has 0 unspecified atom stereocenters. The number of furan rings is 1. The Kier molecular flexibility index (Phi) is 3.82. The molecule has 6 heteroatoms. The number of sulfone groups is 1. The fraction of sp³-hybridized carbons (Fsp3) is 0.400. The quantitative estimate of drug-likeness (QED) is 0.867. The molecule has 3 rings (SSSR count). The van der Waals surface area contributed by atoms with Gasteiger partial charge in [-0.25, -0.2) is 8.42 Å². The maximum absolute atomic E-state index is 12.0. The summed E-state index contributed by atoms with van der Waals surface area (Å²) >= 11 is 0. The molecule has 0 aliphatic carbocycles. The van der Waals surface area contributed by atoms with Gasteiger partial charge in [-0.15, -0.1) is 0 Å². The summed E-state index contributed by atoms with van der Waals surface area (Å²) in [4.78, 5) is 6.17. The Labute approximate surface area is 124 Å². The van der Waals surface area contributed by atoms with Crippen LogP contribution >= 0.6 is 0 Å². The first kappa shape index (κ1) is 14.3. The molecule has 1 fully saturated rings. The lowest BCUT2D eigenvalue weighted by molar-refractivity contribution is 0.182. The molecule has 0 aromatic carbocycles. The fourth-order valence-electron chi connectivity index (χ4n) is 2.65. The second-order valence-electron chi connectivity index (χ2n) is 5.40. The molecular weight excluding hydrogens is 288 g/mol. The SMILES string of the molecule is Cc1ccc([C@@H]2CS(=O)(=O)CCN2Cc2ccncc2)o1. The average molecular weight is 306 g/mol. The lowest BCUT2D eigenvalue weighted by Gasteiger charge is -2.34. The van der Waals surface area contributed by atoms with Crippen LogP contribution in [0.1, 0.15) is 23.1 Å². The van der Waals surface area contributed by atoms with E-state index >= 15 is 0 Å². The maximum atomic E-state index is 12.0. The predicted octanol–water partition coefficient (Wildman–Crippen LogP) is 1.95. The van der Waals surface area contributed by atoms with Gasteiger partial charge in [0.25, 0.3) is 0 Å². The summed E-state index contributed by atoms with van der Waals surface area (Å²) in [6.07, 6.45) is 3.50. The Hall–Kier alpha value is -1.66. The van der Waals surface area contributed by atoms with E-state index in [1.165, 1.54) is 0 Å². The second kappa shape index (κ2) is 5.61. The van der Waals surface area contributed by atoms with Gasteiger partial charge in [-0.3, -0.25) is 9.88 Å². The number of pyridine rings is 1. The molecular formula is C15H18N2O3S. The van der Waals surface area contributed by atoms with Crippen molar-refractivity contribution in [3.05, 3.63) is 53.7 Å². The van der Waals surface area contributed by atoms with Crippen LogP contribution in [0.15, 0.2) is 41.1 Å². The third kappa shape index (κ3) is 3.33. The number of hydrogen-bond acceptors (Lipinski definition) is 5. The standard InChI is InChI=1S/C15H18N2O3S/c1-12-2-3-15(20-12)14-11-21(18,19)9-8-17(14)10-13-4-6-16-7-5-13/h2-7,14H,8-11H2,1H3/t14-/m0/s1. The highest BCUT2D eigenvalue weighted by molar-refractivity contribution is 7.91. The van der Waals surface area contributed by atoms with Crippen LogP contribution in [0.5, 0.6) is 0 Å². The highest BCUT2D eigenvalue weighted by Gasteiger charge is 2.34. The molecule has 5 nitrogen and oxygen atoms in total. The molecule has 3 heterocycles. The zero-order chi connectivity index (χ0) is 14.9. The van der Waals surface area contributed by atoms with Crippen LogP contribution in [0.25, 0.3) is 0 Å². The average Bonchev–Trinajstić information content (AvgIpc) is 2.88. The van der Waals surface area contributed by atoms with E-state index in [1.54, 1.807) is 12.4 Å². The molecule has 0 radical (unpaired) electrons. The number of aromatic nitrogens is 1. The van der Waals surface area contributed by atoms with E-state index in [0.717, 1.165) is 17.1 Å². The number of nitrogens with zero attached hydrogens (tertiary/aromatic N) is 2. The maximum Gasteiger partial charge on any atom is 0.153 e. The van der Waals surface area contributed by atoms with Gasteiger partial charge in [-0.2, -0.15) is 0 Å². The molecule has 0 spiro atoms. The van der Waals surface area contributed by atoms with Crippen LogP contribution in [0.2, 0.25) is 0 Å². The molecule has 0 N–H and O–H groups in total.